The van der Waals surface area contributed by atoms with Crippen LogP contribution >= 0.6 is 0 Å². The van der Waals surface area contributed by atoms with Crippen LogP contribution in [0.5, 0.6) is 0 Å². The zero-order valence-electron chi connectivity index (χ0n) is 9.02. The molecule has 80 valence electrons. The predicted octanol–water partition coefficient (Wildman–Crippen LogP) is 1.73. The van der Waals surface area contributed by atoms with Crippen molar-refractivity contribution in [1.29, 1.82) is 5.26 Å². The molecule has 0 N–H and O–H groups in total. The number of fused-ring (bicyclic) bond motifs is 1. The standard InChI is InChI=1S/C12H10N2O2/c1-14(2)11-8-5-3-4-6-10(8)16-12(15)9(11)7-13/h3-6H,1-2H3. The molecule has 0 amide bonds. The second kappa shape index (κ2) is 3.70. The first-order chi connectivity index (χ1) is 7.65. The third kappa shape index (κ3) is 1.43. The van der Waals surface area contributed by atoms with Crippen LogP contribution in [0, 0.1) is 11.3 Å². The van der Waals surface area contributed by atoms with Crippen LogP contribution in [0.1, 0.15) is 5.56 Å². The van der Waals surface area contributed by atoms with Gasteiger partial charge in [-0.2, -0.15) is 5.26 Å². The number of para-hydroxylation sites is 1. The Morgan fingerprint density at radius 1 is 1.31 bits per heavy atom. The van der Waals surface area contributed by atoms with Gasteiger partial charge in [0, 0.05) is 19.5 Å². The maximum atomic E-state index is 11.6. The summed E-state index contributed by atoms with van der Waals surface area (Å²) in [5.74, 6) is 0. The van der Waals surface area contributed by atoms with Crippen molar-refractivity contribution in [2.45, 2.75) is 0 Å². The molecule has 0 unspecified atom stereocenters. The van der Waals surface area contributed by atoms with E-state index in [1.807, 2.05) is 18.2 Å². The maximum absolute atomic E-state index is 11.6. The fourth-order valence-corrected chi connectivity index (χ4v) is 1.70. The third-order valence-electron chi connectivity index (χ3n) is 2.34. The van der Waals surface area contributed by atoms with Gasteiger partial charge in [-0.05, 0) is 12.1 Å². The molecule has 16 heavy (non-hydrogen) atoms. The van der Waals surface area contributed by atoms with Crippen molar-refractivity contribution in [3.8, 4) is 6.07 Å². The van der Waals surface area contributed by atoms with Gasteiger partial charge < -0.3 is 9.32 Å². The molecule has 0 spiro atoms. The molecule has 0 aliphatic carbocycles. The van der Waals surface area contributed by atoms with E-state index in [4.69, 9.17) is 9.68 Å². The van der Waals surface area contributed by atoms with Crippen LogP contribution in [0.15, 0.2) is 33.5 Å². The molecule has 1 heterocycles. The Balaban J connectivity index is 3.00. The Labute approximate surface area is 92.3 Å². The lowest BCUT2D eigenvalue weighted by Crippen LogP contribution is -2.16. The van der Waals surface area contributed by atoms with Gasteiger partial charge in [0.15, 0.2) is 5.56 Å². The van der Waals surface area contributed by atoms with Crippen molar-refractivity contribution in [1.82, 2.24) is 0 Å². The molecule has 1 aromatic carbocycles. The third-order valence-corrected chi connectivity index (χ3v) is 2.34. The highest BCUT2D eigenvalue weighted by Crippen LogP contribution is 2.26. The van der Waals surface area contributed by atoms with Gasteiger partial charge >= 0.3 is 5.63 Å². The lowest BCUT2D eigenvalue weighted by molar-refractivity contribution is 0.558. The summed E-state index contributed by atoms with van der Waals surface area (Å²) in [5.41, 5.74) is 0.554. The number of anilines is 1. The van der Waals surface area contributed by atoms with Gasteiger partial charge in [0.1, 0.15) is 11.7 Å². The largest absolute Gasteiger partial charge is 0.422 e. The molecule has 0 fully saturated rings. The van der Waals surface area contributed by atoms with E-state index in [2.05, 4.69) is 0 Å². The Hall–Kier alpha value is -2.28. The molecule has 0 aliphatic rings. The minimum Gasteiger partial charge on any atom is -0.422 e. The van der Waals surface area contributed by atoms with Gasteiger partial charge in [-0.25, -0.2) is 4.79 Å². The summed E-state index contributed by atoms with van der Waals surface area (Å²) >= 11 is 0. The second-order valence-corrected chi connectivity index (χ2v) is 3.62. The highest BCUT2D eigenvalue weighted by atomic mass is 16.4. The molecule has 0 bridgehead atoms. The lowest BCUT2D eigenvalue weighted by Gasteiger charge is -2.15. The number of rotatable bonds is 1. The molecule has 0 saturated carbocycles. The minimum atomic E-state index is -0.593. The van der Waals surface area contributed by atoms with Gasteiger partial charge in [0.25, 0.3) is 0 Å². The molecule has 2 rings (SSSR count). The summed E-state index contributed by atoms with van der Waals surface area (Å²) in [6.45, 7) is 0. The van der Waals surface area contributed by atoms with Crippen LogP contribution in [-0.4, -0.2) is 14.1 Å². The van der Waals surface area contributed by atoms with E-state index in [9.17, 15) is 4.79 Å². The Bertz CT molecular complexity index is 635. The van der Waals surface area contributed by atoms with Crippen LogP contribution in [-0.2, 0) is 0 Å². The minimum absolute atomic E-state index is 0.0451. The topological polar surface area (TPSA) is 57.2 Å². The van der Waals surface area contributed by atoms with Crippen molar-refractivity contribution in [2.24, 2.45) is 0 Å². The van der Waals surface area contributed by atoms with Crippen LogP contribution in [0.25, 0.3) is 11.0 Å². The van der Waals surface area contributed by atoms with Crippen molar-refractivity contribution >= 4 is 16.7 Å². The Kier molecular flexibility index (Phi) is 2.37. The highest BCUT2D eigenvalue weighted by molar-refractivity contribution is 5.92. The number of hydrogen-bond acceptors (Lipinski definition) is 4. The average Bonchev–Trinajstić information content (AvgIpc) is 2.26. The summed E-state index contributed by atoms with van der Waals surface area (Å²) in [4.78, 5) is 13.3. The van der Waals surface area contributed by atoms with Gasteiger partial charge in [0.05, 0.1) is 5.69 Å². The zero-order valence-corrected chi connectivity index (χ0v) is 9.02. The molecule has 4 heteroatoms. The molecule has 2 aromatic rings. The van der Waals surface area contributed by atoms with Gasteiger partial charge in [-0.1, -0.05) is 12.1 Å². The zero-order chi connectivity index (χ0) is 11.7. The van der Waals surface area contributed by atoms with E-state index in [1.54, 1.807) is 31.1 Å². The molecule has 0 atom stereocenters. The van der Waals surface area contributed by atoms with Crippen molar-refractivity contribution in [3.05, 3.63) is 40.2 Å². The quantitative estimate of drug-likeness (QED) is 0.678. The number of hydrogen-bond donors (Lipinski definition) is 0. The van der Waals surface area contributed by atoms with E-state index >= 15 is 0 Å². The molecule has 1 aromatic heterocycles. The van der Waals surface area contributed by atoms with Crippen LogP contribution in [0.2, 0.25) is 0 Å². The number of benzene rings is 1. The summed E-state index contributed by atoms with van der Waals surface area (Å²) in [6, 6.07) is 9.06. The summed E-state index contributed by atoms with van der Waals surface area (Å²) in [7, 11) is 3.59. The molecule has 0 radical (unpaired) electrons. The normalized spacial score (nSPS) is 10.1. The fraction of sp³-hybridized carbons (Fsp3) is 0.167. The van der Waals surface area contributed by atoms with Gasteiger partial charge in [-0.3, -0.25) is 0 Å². The lowest BCUT2D eigenvalue weighted by atomic mass is 10.1. The molecule has 0 saturated heterocycles. The van der Waals surface area contributed by atoms with Gasteiger partial charge in [-0.15, -0.1) is 0 Å². The molecule has 4 nitrogen and oxygen atoms in total. The smallest absolute Gasteiger partial charge is 0.356 e. The Morgan fingerprint density at radius 3 is 2.62 bits per heavy atom. The first kappa shape index (κ1) is 10.2. The number of nitrogens with zero attached hydrogens (tertiary/aromatic N) is 2. The van der Waals surface area contributed by atoms with Crippen molar-refractivity contribution in [2.75, 3.05) is 19.0 Å². The molecular formula is C12H10N2O2. The van der Waals surface area contributed by atoms with Crippen LogP contribution in [0.4, 0.5) is 5.69 Å². The monoisotopic (exact) mass is 214 g/mol. The SMILES string of the molecule is CN(C)c1c(C#N)c(=O)oc2ccccc12. The number of nitriles is 1. The van der Waals surface area contributed by atoms with E-state index in [1.165, 1.54) is 0 Å². The van der Waals surface area contributed by atoms with Crippen LogP contribution in [0.3, 0.4) is 0 Å². The van der Waals surface area contributed by atoms with Crippen molar-refractivity contribution in [3.63, 3.8) is 0 Å². The van der Waals surface area contributed by atoms with E-state index in [0.29, 0.717) is 11.3 Å². The average molecular weight is 214 g/mol. The second-order valence-electron chi connectivity index (χ2n) is 3.62. The highest BCUT2D eigenvalue weighted by Gasteiger charge is 2.15. The van der Waals surface area contributed by atoms with Crippen LogP contribution < -0.4 is 10.5 Å². The summed E-state index contributed by atoms with van der Waals surface area (Å²) < 4.78 is 5.07. The maximum Gasteiger partial charge on any atom is 0.356 e. The molecule has 0 aliphatic heterocycles. The van der Waals surface area contributed by atoms with Crippen molar-refractivity contribution < 1.29 is 4.42 Å². The molecular weight excluding hydrogens is 204 g/mol. The van der Waals surface area contributed by atoms with Gasteiger partial charge in [0.2, 0.25) is 0 Å². The first-order valence-electron chi connectivity index (χ1n) is 4.78. The summed E-state index contributed by atoms with van der Waals surface area (Å²) in [5, 5.41) is 9.74. The predicted molar refractivity (Wildman–Crippen MR) is 61.5 cm³/mol. The fourth-order valence-electron chi connectivity index (χ4n) is 1.70. The van der Waals surface area contributed by atoms with E-state index in [-0.39, 0.29) is 5.56 Å². The summed E-state index contributed by atoms with van der Waals surface area (Å²) in [6.07, 6.45) is 0. The first-order valence-corrected chi connectivity index (χ1v) is 4.78. The van der Waals surface area contributed by atoms with E-state index in [0.717, 1.165) is 5.39 Å². The van der Waals surface area contributed by atoms with E-state index < -0.39 is 5.63 Å². The Morgan fingerprint density at radius 2 is 2.00 bits per heavy atom.